The van der Waals surface area contributed by atoms with Crippen LogP contribution in [0.5, 0.6) is 0 Å². The lowest BCUT2D eigenvalue weighted by atomic mass is 9.59. The molecule has 1 saturated carbocycles. The number of carbonyl (C=O) groups is 2. The van der Waals surface area contributed by atoms with E-state index >= 15 is 0 Å². The third kappa shape index (κ3) is 4.14. The molecule has 1 aromatic carbocycles. The molecule has 182 valence electrons. The van der Waals surface area contributed by atoms with E-state index in [4.69, 9.17) is 4.74 Å². The first-order valence-corrected chi connectivity index (χ1v) is 12.1. The van der Waals surface area contributed by atoms with Gasteiger partial charge in [-0.1, -0.05) is 75.9 Å². The Morgan fingerprint density at radius 2 is 1.82 bits per heavy atom. The molecule has 1 spiro atoms. The summed E-state index contributed by atoms with van der Waals surface area (Å²) in [5, 5.41) is 24.9. The normalized spacial score (nSPS) is 40.4. The Morgan fingerprint density at radius 1 is 1.12 bits per heavy atom. The van der Waals surface area contributed by atoms with Gasteiger partial charge in [-0.2, -0.15) is 0 Å². The second kappa shape index (κ2) is 9.51. The van der Waals surface area contributed by atoms with Crippen molar-refractivity contribution < 1.29 is 24.5 Å². The topological polar surface area (TPSA) is 95.9 Å². The average molecular weight is 466 g/mol. The predicted molar refractivity (Wildman–Crippen MR) is 129 cm³/mol. The smallest absolute Gasteiger partial charge is 0.331 e. The molecule has 3 aliphatic rings. The van der Waals surface area contributed by atoms with Crippen molar-refractivity contribution in [3.05, 3.63) is 72.4 Å². The minimum Gasteiger partial charge on any atom is -0.445 e. The van der Waals surface area contributed by atoms with E-state index in [9.17, 15) is 19.8 Å². The number of benzene rings is 1. The lowest BCUT2D eigenvalue weighted by Gasteiger charge is -2.49. The molecule has 0 radical (unpaired) electrons. The van der Waals surface area contributed by atoms with Gasteiger partial charge in [0.25, 0.3) is 5.91 Å². The molecule has 3 N–H and O–H groups in total. The van der Waals surface area contributed by atoms with Crippen LogP contribution in [0.25, 0.3) is 0 Å². The summed E-state index contributed by atoms with van der Waals surface area (Å²) in [6.45, 7) is 9.89. The van der Waals surface area contributed by atoms with Crippen LogP contribution in [0.3, 0.4) is 0 Å². The van der Waals surface area contributed by atoms with E-state index < -0.39 is 35.6 Å². The molecule has 0 bridgehead atoms. The van der Waals surface area contributed by atoms with Crippen LogP contribution in [-0.4, -0.2) is 45.9 Å². The van der Waals surface area contributed by atoms with E-state index in [0.717, 1.165) is 5.56 Å². The molecule has 6 nitrogen and oxygen atoms in total. The lowest BCUT2D eigenvalue weighted by molar-refractivity contribution is -0.182. The van der Waals surface area contributed by atoms with Gasteiger partial charge >= 0.3 is 5.97 Å². The van der Waals surface area contributed by atoms with Gasteiger partial charge in [-0.05, 0) is 35.8 Å². The fourth-order valence-electron chi connectivity index (χ4n) is 6.00. The van der Waals surface area contributed by atoms with E-state index in [1.165, 1.54) is 6.08 Å². The summed E-state index contributed by atoms with van der Waals surface area (Å²) in [4.78, 5) is 26.7. The number of amides is 1. The molecule has 4 rings (SSSR count). The molecule has 0 aromatic heterocycles. The third-order valence-electron chi connectivity index (χ3n) is 8.02. The molecule has 2 aliphatic heterocycles. The zero-order valence-electron chi connectivity index (χ0n) is 20.1. The highest BCUT2D eigenvalue weighted by Gasteiger charge is 2.67. The number of nitrogens with one attached hydrogen (secondary N) is 1. The molecule has 1 saturated heterocycles. The summed E-state index contributed by atoms with van der Waals surface area (Å²) >= 11 is 0. The van der Waals surface area contributed by atoms with Gasteiger partial charge in [0.05, 0.1) is 18.1 Å². The number of ether oxygens (including phenoxy) is 1. The van der Waals surface area contributed by atoms with Gasteiger partial charge in [0.15, 0.2) is 0 Å². The molecule has 1 aromatic rings. The zero-order valence-corrected chi connectivity index (χ0v) is 20.1. The minimum atomic E-state index is -1.55. The summed E-state index contributed by atoms with van der Waals surface area (Å²) in [7, 11) is 0. The molecule has 2 heterocycles. The van der Waals surface area contributed by atoms with Gasteiger partial charge in [-0.25, -0.2) is 4.79 Å². The zero-order chi connectivity index (χ0) is 24.6. The van der Waals surface area contributed by atoms with E-state index in [-0.39, 0.29) is 29.7 Å². The molecule has 34 heavy (non-hydrogen) atoms. The second-order valence-electron chi connectivity index (χ2n) is 10.2. The molecular weight excluding hydrogens is 430 g/mol. The number of hydrogen-bond acceptors (Lipinski definition) is 5. The summed E-state index contributed by atoms with van der Waals surface area (Å²) in [6, 6.07) is 9.59. The maximum absolute atomic E-state index is 13.7. The number of aliphatic hydroxyl groups excluding tert-OH is 2. The first-order chi connectivity index (χ1) is 16.2. The van der Waals surface area contributed by atoms with E-state index in [0.29, 0.717) is 18.4 Å². The van der Waals surface area contributed by atoms with E-state index in [1.54, 1.807) is 12.2 Å². The van der Waals surface area contributed by atoms with Gasteiger partial charge in [0, 0.05) is 24.0 Å². The third-order valence-corrected chi connectivity index (χ3v) is 8.02. The molecule has 1 amide bonds. The van der Waals surface area contributed by atoms with Crippen molar-refractivity contribution in [3.8, 4) is 0 Å². The van der Waals surface area contributed by atoms with Gasteiger partial charge in [0.2, 0.25) is 5.60 Å². The fraction of sp³-hybridized carbons (Fsp3) is 0.500. The number of rotatable bonds is 2. The van der Waals surface area contributed by atoms with Crippen molar-refractivity contribution in [2.45, 2.75) is 57.5 Å². The quantitative estimate of drug-likeness (QED) is 0.461. The Labute approximate surface area is 201 Å². The number of allylic oxidation sites excluding steroid dienone is 1. The van der Waals surface area contributed by atoms with Gasteiger partial charge in [-0.3, -0.25) is 4.79 Å². The van der Waals surface area contributed by atoms with Crippen molar-refractivity contribution in [1.29, 1.82) is 0 Å². The fourth-order valence-corrected chi connectivity index (χ4v) is 6.00. The number of aliphatic hydroxyl groups is 2. The Hall–Kier alpha value is -2.70. The minimum absolute atomic E-state index is 0.0656. The van der Waals surface area contributed by atoms with Crippen LogP contribution in [-0.2, 0) is 20.7 Å². The van der Waals surface area contributed by atoms with Crippen LogP contribution in [0.15, 0.2) is 66.8 Å². The summed E-state index contributed by atoms with van der Waals surface area (Å²) in [5.74, 6) is -2.78. The van der Waals surface area contributed by atoms with Crippen molar-refractivity contribution >= 4 is 11.9 Å². The molecule has 6 heteroatoms. The van der Waals surface area contributed by atoms with E-state index in [2.05, 4.69) is 11.9 Å². The Balaban J connectivity index is 1.80. The van der Waals surface area contributed by atoms with Crippen LogP contribution < -0.4 is 5.32 Å². The van der Waals surface area contributed by atoms with Crippen LogP contribution in [0.2, 0.25) is 0 Å². The first-order valence-electron chi connectivity index (χ1n) is 12.1. The molecule has 9 atom stereocenters. The van der Waals surface area contributed by atoms with Crippen LogP contribution in [0.4, 0.5) is 0 Å². The molecular formula is C28H35NO5. The highest BCUT2D eigenvalue weighted by atomic mass is 16.6. The Bertz CT molecular complexity index is 1000. The largest absolute Gasteiger partial charge is 0.445 e. The van der Waals surface area contributed by atoms with Crippen molar-refractivity contribution in [2.75, 3.05) is 0 Å². The SMILES string of the molecule is C=C1C(C)C2C(Cc3ccccc3)NC(=O)C23OC(=O)C=CC(C)C(O)C(C)CC=CC3C1O. The predicted octanol–water partition coefficient (Wildman–Crippen LogP) is 2.96. The lowest BCUT2D eigenvalue weighted by Crippen LogP contribution is -2.61. The van der Waals surface area contributed by atoms with Gasteiger partial charge < -0.3 is 20.3 Å². The Morgan fingerprint density at radius 3 is 2.53 bits per heavy atom. The number of esters is 1. The van der Waals surface area contributed by atoms with Gasteiger partial charge in [-0.15, -0.1) is 0 Å². The summed E-state index contributed by atoms with van der Waals surface area (Å²) < 4.78 is 6.05. The van der Waals surface area contributed by atoms with Crippen molar-refractivity contribution in [3.63, 3.8) is 0 Å². The summed E-state index contributed by atoms with van der Waals surface area (Å²) in [6.07, 6.45) is 6.07. The molecule has 1 aliphatic carbocycles. The van der Waals surface area contributed by atoms with Crippen LogP contribution in [0, 0.1) is 29.6 Å². The average Bonchev–Trinajstić information content (AvgIpc) is 3.08. The van der Waals surface area contributed by atoms with Gasteiger partial charge in [0.1, 0.15) is 0 Å². The standard InChI is InChI=1S/C28H35NO5/c1-16-9-8-12-21-26(32)19(4)18(3)24-22(15-20-10-6-5-7-11-20)29-27(33)28(21,24)34-23(30)14-13-17(2)25(16)31/h5-8,10-14,16-18,21-22,24-26,31-32H,4,9,15H2,1-3H3,(H,29,33). The maximum Gasteiger partial charge on any atom is 0.331 e. The maximum atomic E-state index is 13.7. The van der Waals surface area contributed by atoms with Crippen molar-refractivity contribution in [1.82, 2.24) is 5.32 Å². The van der Waals surface area contributed by atoms with E-state index in [1.807, 2.05) is 57.2 Å². The highest BCUT2D eigenvalue weighted by Crippen LogP contribution is 2.52. The Kier molecular flexibility index (Phi) is 6.83. The molecule has 2 fully saturated rings. The van der Waals surface area contributed by atoms with Crippen LogP contribution in [0.1, 0.15) is 32.8 Å². The number of hydrogen-bond donors (Lipinski definition) is 3. The number of carbonyl (C=O) groups excluding carboxylic acids is 2. The summed E-state index contributed by atoms with van der Waals surface area (Å²) in [5.41, 5.74) is 0.143. The first kappa shape index (κ1) is 24.4. The second-order valence-corrected chi connectivity index (χ2v) is 10.2. The van der Waals surface area contributed by atoms with Crippen LogP contribution >= 0.6 is 0 Å². The van der Waals surface area contributed by atoms with Crippen molar-refractivity contribution in [2.24, 2.45) is 29.6 Å². The molecule has 9 unspecified atom stereocenters. The monoisotopic (exact) mass is 465 g/mol. The highest BCUT2D eigenvalue weighted by molar-refractivity contribution is 5.94.